The minimum Gasteiger partial charge on any atom is -0.396 e. The Morgan fingerprint density at radius 3 is 2.20 bits per heavy atom. The lowest BCUT2D eigenvalue weighted by atomic mass is 10.1. The second-order valence-corrected chi connectivity index (χ2v) is 5.15. The molecule has 0 rings (SSSR count). The molecule has 0 aromatic heterocycles. The zero-order valence-corrected chi connectivity index (χ0v) is 11.0. The van der Waals surface area contributed by atoms with E-state index in [9.17, 15) is 0 Å². The summed E-state index contributed by atoms with van der Waals surface area (Å²) >= 11 is 0. The summed E-state index contributed by atoms with van der Waals surface area (Å²) in [6, 6.07) is 0. The van der Waals surface area contributed by atoms with E-state index >= 15 is 0 Å². The van der Waals surface area contributed by atoms with Crippen molar-refractivity contribution in [3.8, 4) is 0 Å². The standard InChI is InChI=1S/C13H29NO/c1-5-6-7-8-14(9-12(2)3)10-13(4)11-15/h12-13,15H,5-11H2,1-4H3. The summed E-state index contributed by atoms with van der Waals surface area (Å²) in [7, 11) is 0. The van der Waals surface area contributed by atoms with Crippen molar-refractivity contribution in [1.29, 1.82) is 0 Å². The van der Waals surface area contributed by atoms with Crippen molar-refractivity contribution < 1.29 is 5.11 Å². The molecule has 1 unspecified atom stereocenters. The minimum absolute atomic E-state index is 0.308. The molecular weight excluding hydrogens is 186 g/mol. The molecule has 2 nitrogen and oxygen atoms in total. The molecule has 0 bridgehead atoms. The second-order valence-electron chi connectivity index (χ2n) is 5.15. The molecule has 0 aromatic rings. The molecule has 92 valence electrons. The molecule has 0 saturated heterocycles. The predicted octanol–water partition coefficient (Wildman–Crippen LogP) is 2.76. The van der Waals surface area contributed by atoms with Crippen LogP contribution >= 0.6 is 0 Å². The molecule has 2 heteroatoms. The smallest absolute Gasteiger partial charge is 0.0468 e. The summed E-state index contributed by atoms with van der Waals surface area (Å²) in [5, 5.41) is 9.06. The molecule has 0 radical (unpaired) electrons. The third-order valence-corrected chi connectivity index (χ3v) is 2.58. The van der Waals surface area contributed by atoms with Gasteiger partial charge in [0.2, 0.25) is 0 Å². The van der Waals surface area contributed by atoms with E-state index in [0.717, 1.165) is 19.0 Å². The lowest BCUT2D eigenvalue weighted by Crippen LogP contribution is -2.33. The van der Waals surface area contributed by atoms with Gasteiger partial charge in [0.1, 0.15) is 0 Å². The average molecular weight is 215 g/mol. The van der Waals surface area contributed by atoms with Crippen LogP contribution in [0.15, 0.2) is 0 Å². The van der Waals surface area contributed by atoms with Gasteiger partial charge in [0.05, 0.1) is 0 Å². The second kappa shape index (κ2) is 9.17. The van der Waals surface area contributed by atoms with Crippen LogP contribution in [0.25, 0.3) is 0 Å². The number of hydrogen-bond acceptors (Lipinski definition) is 2. The first-order chi connectivity index (χ1) is 7.10. The van der Waals surface area contributed by atoms with Gasteiger partial charge in [-0.15, -0.1) is 0 Å². The predicted molar refractivity (Wildman–Crippen MR) is 67.1 cm³/mol. The quantitative estimate of drug-likeness (QED) is 0.598. The van der Waals surface area contributed by atoms with Crippen LogP contribution in [0, 0.1) is 11.8 Å². The van der Waals surface area contributed by atoms with E-state index in [1.165, 1.54) is 25.8 Å². The van der Waals surface area contributed by atoms with E-state index < -0.39 is 0 Å². The molecule has 0 fully saturated rings. The molecule has 0 aliphatic heterocycles. The summed E-state index contributed by atoms with van der Waals surface area (Å²) in [5.41, 5.74) is 0. The van der Waals surface area contributed by atoms with Gasteiger partial charge in [0, 0.05) is 19.7 Å². The fraction of sp³-hybridized carbons (Fsp3) is 1.00. The maximum absolute atomic E-state index is 9.06. The van der Waals surface area contributed by atoms with E-state index in [1.54, 1.807) is 0 Å². The Kier molecular flexibility index (Phi) is 9.12. The molecule has 0 aromatic carbocycles. The molecular formula is C13H29NO. The van der Waals surface area contributed by atoms with Crippen molar-refractivity contribution in [1.82, 2.24) is 4.90 Å². The largest absolute Gasteiger partial charge is 0.396 e. The number of nitrogens with zero attached hydrogens (tertiary/aromatic N) is 1. The first-order valence-corrected chi connectivity index (χ1v) is 6.43. The van der Waals surface area contributed by atoms with E-state index in [0.29, 0.717) is 12.5 Å². The van der Waals surface area contributed by atoms with Gasteiger partial charge in [-0.05, 0) is 24.8 Å². The molecule has 0 aliphatic carbocycles. The Morgan fingerprint density at radius 2 is 1.73 bits per heavy atom. The average Bonchev–Trinajstić information content (AvgIpc) is 2.17. The van der Waals surface area contributed by atoms with Crippen LogP contribution in [0.4, 0.5) is 0 Å². The van der Waals surface area contributed by atoms with Crippen molar-refractivity contribution in [3.63, 3.8) is 0 Å². The highest BCUT2D eigenvalue weighted by molar-refractivity contribution is 4.64. The van der Waals surface area contributed by atoms with Gasteiger partial charge in [-0.2, -0.15) is 0 Å². The highest BCUT2D eigenvalue weighted by Gasteiger charge is 2.10. The van der Waals surface area contributed by atoms with E-state index in [2.05, 4.69) is 32.6 Å². The van der Waals surface area contributed by atoms with Gasteiger partial charge in [0.15, 0.2) is 0 Å². The molecule has 1 N–H and O–H groups in total. The van der Waals surface area contributed by atoms with Crippen LogP contribution in [0.2, 0.25) is 0 Å². The summed E-state index contributed by atoms with van der Waals surface area (Å²) in [5.74, 6) is 1.13. The number of unbranched alkanes of at least 4 members (excludes halogenated alkanes) is 2. The maximum atomic E-state index is 9.06. The van der Waals surface area contributed by atoms with Crippen LogP contribution in [-0.2, 0) is 0 Å². The molecule has 15 heavy (non-hydrogen) atoms. The lowest BCUT2D eigenvalue weighted by molar-refractivity contribution is 0.160. The monoisotopic (exact) mass is 215 g/mol. The van der Waals surface area contributed by atoms with Crippen LogP contribution in [0.3, 0.4) is 0 Å². The van der Waals surface area contributed by atoms with Crippen molar-refractivity contribution in [2.45, 2.75) is 47.0 Å². The first-order valence-electron chi connectivity index (χ1n) is 6.43. The van der Waals surface area contributed by atoms with Gasteiger partial charge in [-0.25, -0.2) is 0 Å². The van der Waals surface area contributed by atoms with Gasteiger partial charge >= 0.3 is 0 Å². The Bertz CT molecular complexity index is 136. The van der Waals surface area contributed by atoms with Crippen molar-refractivity contribution in [2.24, 2.45) is 11.8 Å². The molecule has 0 spiro atoms. The van der Waals surface area contributed by atoms with Gasteiger partial charge in [0.25, 0.3) is 0 Å². The Morgan fingerprint density at radius 1 is 1.07 bits per heavy atom. The summed E-state index contributed by atoms with van der Waals surface area (Å²) in [4.78, 5) is 2.50. The number of rotatable bonds is 9. The van der Waals surface area contributed by atoms with Crippen LogP contribution in [-0.4, -0.2) is 36.2 Å². The zero-order valence-electron chi connectivity index (χ0n) is 11.0. The van der Waals surface area contributed by atoms with Crippen LogP contribution in [0.1, 0.15) is 47.0 Å². The van der Waals surface area contributed by atoms with Crippen molar-refractivity contribution in [3.05, 3.63) is 0 Å². The van der Waals surface area contributed by atoms with Gasteiger partial charge < -0.3 is 10.0 Å². The fourth-order valence-electron chi connectivity index (χ4n) is 1.86. The Labute approximate surface area is 95.7 Å². The topological polar surface area (TPSA) is 23.5 Å². The Balaban J connectivity index is 3.83. The van der Waals surface area contributed by atoms with Gasteiger partial charge in [-0.1, -0.05) is 40.5 Å². The first kappa shape index (κ1) is 14.9. The van der Waals surface area contributed by atoms with Crippen LogP contribution < -0.4 is 0 Å². The molecule has 0 heterocycles. The summed E-state index contributed by atoms with van der Waals surface area (Å²) in [6.45, 7) is 12.6. The SMILES string of the molecule is CCCCCN(CC(C)C)CC(C)CO. The number of aliphatic hydroxyl groups excluding tert-OH is 1. The van der Waals surface area contributed by atoms with E-state index in [4.69, 9.17) is 5.11 Å². The third-order valence-electron chi connectivity index (χ3n) is 2.58. The van der Waals surface area contributed by atoms with E-state index in [1.807, 2.05) is 0 Å². The highest BCUT2D eigenvalue weighted by atomic mass is 16.3. The normalized spacial score (nSPS) is 13.8. The number of hydrogen-bond donors (Lipinski definition) is 1. The Hall–Kier alpha value is -0.0800. The van der Waals surface area contributed by atoms with E-state index in [-0.39, 0.29) is 0 Å². The highest BCUT2D eigenvalue weighted by Crippen LogP contribution is 2.06. The molecule has 0 amide bonds. The minimum atomic E-state index is 0.308. The van der Waals surface area contributed by atoms with Gasteiger partial charge in [-0.3, -0.25) is 0 Å². The molecule has 0 aliphatic rings. The third kappa shape index (κ3) is 8.88. The van der Waals surface area contributed by atoms with Crippen LogP contribution in [0.5, 0.6) is 0 Å². The fourth-order valence-corrected chi connectivity index (χ4v) is 1.86. The lowest BCUT2D eigenvalue weighted by Gasteiger charge is -2.26. The number of aliphatic hydroxyl groups is 1. The zero-order chi connectivity index (χ0) is 11.7. The molecule has 0 saturated carbocycles. The summed E-state index contributed by atoms with van der Waals surface area (Å²) in [6.07, 6.45) is 3.90. The molecule has 1 atom stereocenters. The van der Waals surface area contributed by atoms with Crippen molar-refractivity contribution >= 4 is 0 Å². The maximum Gasteiger partial charge on any atom is 0.0468 e. The summed E-state index contributed by atoms with van der Waals surface area (Å²) < 4.78 is 0. The van der Waals surface area contributed by atoms with Crippen molar-refractivity contribution in [2.75, 3.05) is 26.2 Å².